The minimum absolute atomic E-state index is 0.225. The van der Waals surface area contributed by atoms with Gasteiger partial charge in [-0.1, -0.05) is 26.0 Å². The number of hydrazone groups is 1. The van der Waals surface area contributed by atoms with E-state index in [9.17, 15) is 4.79 Å². The number of benzene rings is 1. The minimum atomic E-state index is -0.225. The number of carbonyl (C=O) groups is 1. The summed E-state index contributed by atoms with van der Waals surface area (Å²) < 4.78 is 7.21. The lowest BCUT2D eigenvalue weighted by Gasteiger charge is -2.18. The third kappa shape index (κ3) is 5.88. The third-order valence-corrected chi connectivity index (χ3v) is 3.46. The Bertz CT molecular complexity index is 812. The molecule has 0 spiro atoms. The molecule has 27 heavy (non-hydrogen) atoms. The van der Waals surface area contributed by atoms with Gasteiger partial charge in [-0.3, -0.25) is 4.68 Å². The Morgan fingerprint density at radius 1 is 1.30 bits per heavy atom. The standard InChI is InChI=1S/C17H20N6O2.C2H6/c1-3-18-17(24)20-14-6-4-5-13(9-14)10-16-21-23(7-8-25-16)15-11-19-22(2)12-15;1-2/h4-9,11-12H,3,10H2,1-2H3,(H2,18,20,24);1-2H3. The largest absolute Gasteiger partial charge is 0.447 e. The maximum absolute atomic E-state index is 11.6. The molecule has 8 heteroatoms. The molecule has 2 aromatic rings. The second kappa shape index (κ2) is 10.0. The van der Waals surface area contributed by atoms with Crippen molar-refractivity contribution in [2.45, 2.75) is 27.2 Å². The van der Waals surface area contributed by atoms with Gasteiger partial charge in [0.2, 0.25) is 5.90 Å². The smallest absolute Gasteiger partial charge is 0.319 e. The van der Waals surface area contributed by atoms with Crippen LogP contribution in [-0.2, 0) is 18.2 Å². The van der Waals surface area contributed by atoms with Crippen LogP contribution in [0.4, 0.5) is 16.2 Å². The zero-order valence-corrected chi connectivity index (χ0v) is 16.1. The second-order valence-electron chi connectivity index (χ2n) is 5.48. The molecular weight excluding hydrogens is 344 g/mol. The molecule has 0 fully saturated rings. The first-order valence-corrected chi connectivity index (χ1v) is 8.96. The van der Waals surface area contributed by atoms with Gasteiger partial charge in [0.1, 0.15) is 11.9 Å². The molecule has 2 N–H and O–H groups in total. The lowest BCUT2D eigenvalue weighted by atomic mass is 10.1. The number of ether oxygens (including phenoxy) is 1. The number of hydrogen-bond donors (Lipinski definition) is 2. The highest BCUT2D eigenvalue weighted by atomic mass is 16.5. The Morgan fingerprint density at radius 3 is 2.81 bits per heavy atom. The molecular formula is C19H26N6O2. The molecule has 0 atom stereocenters. The number of urea groups is 1. The summed E-state index contributed by atoms with van der Waals surface area (Å²) in [6, 6.07) is 7.35. The van der Waals surface area contributed by atoms with E-state index >= 15 is 0 Å². The van der Waals surface area contributed by atoms with E-state index in [2.05, 4.69) is 20.8 Å². The molecule has 1 aromatic carbocycles. The van der Waals surface area contributed by atoms with Gasteiger partial charge >= 0.3 is 6.03 Å². The highest BCUT2D eigenvalue weighted by Crippen LogP contribution is 2.18. The molecule has 1 aliphatic rings. The van der Waals surface area contributed by atoms with Crippen molar-refractivity contribution in [2.24, 2.45) is 12.1 Å². The highest BCUT2D eigenvalue weighted by molar-refractivity contribution is 5.89. The van der Waals surface area contributed by atoms with E-state index in [-0.39, 0.29) is 6.03 Å². The van der Waals surface area contributed by atoms with Crippen molar-refractivity contribution in [1.29, 1.82) is 0 Å². The number of amides is 2. The summed E-state index contributed by atoms with van der Waals surface area (Å²) in [7, 11) is 1.85. The van der Waals surface area contributed by atoms with Crippen molar-refractivity contribution in [3.05, 3.63) is 54.7 Å². The van der Waals surface area contributed by atoms with Gasteiger partial charge in [0.25, 0.3) is 0 Å². The van der Waals surface area contributed by atoms with E-state index in [1.54, 1.807) is 28.3 Å². The topological polar surface area (TPSA) is 83.8 Å². The zero-order valence-electron chi connectivity index (χ0n) is 16.1. The van der Waals surface area contributed by atoms with Crippen molar-refractivity contribution >= 4 is 23.3 Å². The Hall–Kier alpha value is -3.29. The predicted octanol–water partition coefficient (Wildman–Crippen LogP) is 3.45. The number of nitrogens with one attached hydrogen (secondary N) is 2. The second-order valence-corrected chi connectivity index (χ2v) is 5.48. The molecule has 144 valence electrons. The molecule has 2 amide bonds. The fourth-order valence-electron chi connectivity index (χ4n) is 2.36. The van der Waals surface area contributed by atoms with Gasteiger partial charge < -0.3 is 15.4 Å². The monoisotopic (exact) mass is 370 g/mol. The van der Waals surface area contributed by atoms with Gasteiger partial charge in [-0.25, -0.2) is 9.80 Å². The molecule has 1 aromatic heterocycles. The molecule has 0 aliphatic carbocycles. The number of hydrogen-bond acceptors (Lipinski definition) is 5. The van der Waals surface area contributed by atoms with Crippen molar-refractivity contribution in [1.82, 2.24) is 15.1 Å². The van der Waals surface area contributed by atoms with Crippen LogP contribution in [0.5, 0.6) is 0 Å². The average Bonchev–Trinajstić information content (AvgIpc) is 3.11. The van der Waals surface area contributed by atoms with Crippen molar-refractivity contribution < 1.29 is 9.53 Å². The van der Waals surface area contributed by atoms with Crippen LogP contribution in [0.3, 0.4) is 0 Å². The number of rotatable bonds is 5. The van der Waals surface area contributed by atoms with E-state index in [1.165, 1.54) is 0 Å². The number of nitrogens with zero attached hydrogens (tertiary/aromatic N) is 4. The van der Waals surface area contributed by atoms with Crippen LogP contribution in [0.25, 0.3) is 0 Å². The normalized spacial score (nSPS) is 12.4. The van der Waals surface area contributed by atoms with Gasteiger partial charge in [0.05, 0.1) is 25.0 Å². The van der Waals surface area contributed by atoms with Crippen LogP contribution in [0, 0.1) is 0 Å². The van der Waals surface area contributed by atoms with Crippen molar-refractivity contribution in [3.63, 3.8) is 0 Å². The first kappa shape index (κ1) is 20.0. The van der Waals surface area contributed by atoms with Gasteiger partial charge in [0, 0.05) is 19.3 Å². The molecule has 0 bridgehead atoms. The lowest BCUT2D eigenvalue weighted by molar-refractivity contribution is 0.252. The quantitative estimate of drug-likeness (QED) is 0.844. The molecule has 0 radical (unpaired) electrons. The predicted molar refractivity (Wildman–Crippen MR) is 108 cm³/mol. The van der Waals surface area contributed by atoms with Crippen LogP contribution in [0.2, 0.25) is 0 Å². The average molecular weight is 370 g/mol. The Kier molecular flexibility index (Phi) is 7.42. The number of anilines is 2. The van der Waals surface area contributed by atoms with Crippen LogP contribution >= 0.6 is 0 Å². The fraction of sp³-hybridized carbons (Fsp3) is 0.316. The maximum Gasteiger partial charge on any atom is 0.319 e. The molecule has 0 saturated carbocycles. The number of aromatic nitrogens is 2. The van der Waals surface area contributed by atoms with E-state index in [4.69, 9.17) is 4.74 Å². The van der Waals surface area contributed by atoms with Gasteiger partial charge in [0.15, 0.2) is 0 Å². The molecule has 0 unspecified atom stereocenters. The van der Waals surface area contributed by atoms with Gasteiger partial charge in [-0.2, -0.15) is 5.10 Å². The Morgan fingerprint density at radius 2 is 2.11 bits per heavy atom. The van der Waals surface area contributed by atoms with E-state index in [0.717, 1.165) is 16.9 Å². The molecule has 8 nitrogen and oxygen atoms in total. The fourth-order valence-corrected chi connectivity index (χ4v) is 2.36. The maximum atomic E-state index is 11.6. The SMILES string of the molecule is CC.CCNC(=O)Nc1cccc(CC2=NN(c3cnn(C)c3)C=CO2)c1. The molecule has 3 rings (SSSR count). The van der Waals surface area contributed by atoms with Gasteiger partial charge in [-0.15, -0.1) is 5.10 Å². The lowest BCUT2D eigenvalue weighted by Crippen LogP contribution is -2.28. The summed E-state index contributed by atoms with van der Waals surface area (Å²) in [6.45, 7) is 6.45. The summed E-state index contributed by atoms with van der Waals surface area (Å²) in [4.78, 5) is 11.6. The third-order valence-electron chi connectivity index (χ3n) is 3.46. The molecule has 2 heterocycles. The van der Waals surface area contributed by atoms with Crippen LogP contribution in [-0.4, -0.2) is 28.3 Å². The minimum Gasteiger partial charge on any atom is -0.447 e. The zero-order chi connectivity index (χ0) is 19.6. The summed E-state index contributed by atoms with van der Waals surface area (Å²) in [5.74, 6) is 0.557. The molecule has 0 saturated heterocycles. The summed E-state index contributed by atoms with van der Waals surface area (Å²) >= 11 is 0. The van der Waals surface area contributed by atoms with Crippen molar-refractivity contribution in [2.75, 3.05) is 16.9 Å². The van der Waals surface area contributed by atoms with E-state index < -0.39 is 0 Å². The Balaban J connectivity index is 0.00000126. The number of carbonyl (C=O) groups excluding carboxylic acids is 1. The Labute approximate surface area is 159 Å². The van der Waals surface area contributed by atoms with Crippen molar-refractivity contribution in [3.8, 4) is 0 Å². The van der Waals surface area contributed by atoms with Crippen LogP contribution < -0.4 is 15.6 Å². The van der Waals surface area contributed by atoms with Crippen LogP contribution in [0.15, 0.2) is 54.2 Å². The summed E-state index contributed by atoms with van der Waals surface area (Å²) in [5.41, 5.74) is 2.56. The highest BCUT2D eigenvalue weighted by Gasteiger charge is 2.13. The van der Waals surface area contributed by atoms with Gasteiger partial charge in [-0.05, 0) is 24.6 Å². The molecule has 1 aliphatic heterocycles. The van der Waals surface area contributed by atoms with E-state index in [0.29, 0.717) is 18.9 Å². The first-order valence-electron chi connectivity index (χ1n) is 8.96. The summed E-state index contributed by atoms with van der Waals surface area (Å²) in [5, 5.41) is 15.8. The van der Waals surface area contributed by atoms with Crippen LogP contribution in [0.1, 0.15) is 26.3 Å². The van der Waals surface area contributed by atoms with E-state index in [1.807, 2.05) is 58.3 Å². The first-order chi connectivity index (χ1) is 13.1. The summed E-state index contributed by atoms with van der Waals surface area (Å²) in [6.07, 6.45) is 7.42. The number of aryl methyl sites for hydroxylation is 1.